The van der Waals surface area contributed by atoms with Crippen molar-refractivity contribution in [2.45, 2.75) is 26.1 Å². The van der Waals surface area contributed by atoms with Crippen molar-refractivity contribution in [1.82, 2.24) is 0 Å². The second-order valence-corrected chi connectivity index (χ2v) is 7.81. The quantitative estimate of drug-likeness (QED) is 0.721. The van der Waals surface area contributed by atoms with Gasteiger partial charge in [0.05, 0.1) is 30.5 Å². The normalized spacial score (nSPS) is 17.9. The summed E-state index contributed by atoms with van der Waals surface area (Å²) in [6, 6.07) is 9.06. The molecule has 0 aliphatic carbocycles. The summed E-state index contributed by atoms with van der Waals surface area (Å²) in [6.07, 6.45) is 0.771. The van der Waals surface area contributed by atoms with E-state index in [0.717, 1.165) is 28.8 Å². The van der Waals surface area contributed by atoms with E-state index in [9.17, 15) is 4.79 Å². The molecular formula is C21H21Cl2NO4. The minimum atomic E-state index is -1.35. The van der Waals surface area contributed by atoms with Crippen LogP contribution in [0.25, 0.3) is 0 Å². The molecule has 0 N–H and O–H groups in total. The van der Waals surface area contributed by atoms with E-state index in [0.29, 0.717) is 35.6 Å². The molecule has 1 spiro atoms. The molecule has 0 saturated carbocycles. The maximum atomic E-state index is 13.4. The summed E-state index contributed by atoms with van der Waals surface area (Å²) >= 11 is 12.1. The summed E-state index contributed by atoms with van der Waals surface area (Å²) in [5.41, 5.74) is 3.62. The van der Waals surface area contributed by atoms with Gasteiger partial charge in [0.25, 0.3) is 11.7 Å². The first-order chi connectivity index (χ1) is 13.4. The van der Waals surface area contributed by atoms with E-state index in [1.54, 1.807) is 23.1 Å². The molecule has 0 bridgehead atoms. The first kappa shape index (κ1) is 19.5. The molecule has 28 heavy (non-hydrogen) atoms. The Morgan fingerprint density at radius 3 is 2.54 bits per heavy atom. The van der Waals surface area contributed by atoms with Crippen LogP contribution in [0.15, 0.2) is 30.3 Å². The van der Waals surface area contributed by atoms with Crippen LogP contribution < -0.4 is 9.64 Å². The minimum Gasteiger partial charge on any atom is -0.490 e. The van der Waals surface area contributed by atoms with Gasteiger partial charge in [-0.15, -0.1) is 0 Å². The molecule has 2 aliphatic heterocycles. The lowest BCUT2D eigenvalue weighted by atomic mass is 9.97. The van der Waals surface area contributed by atoms with Gasteiger partial charge in [0.2, 0.25) is 0 Å². The molecule has 1 fully saturated rings. The van der Waals surface area contributed by atoms with Gasteiger partial charge in [-0.3, -0.25) is 4.79 Å². The van der Waals surface area contributed by atoms with Crippen LogP contribution in [0.2, 0.25) is 10.0 Å². The van der Waals surface area contributed by atoms with Crippen LogP contribution in [0.5, 0.6) is 5.75 Å². The number of halogens is 2. The lowest BCUT2D eigenvalue weighted by Crippen LogP contribution is -2.48. The number of carbonyl (C=O) groups is 1. The second kappa shape index (κ2) is 7.56. The Hall–Kier alpha value is -1.79. The molecule has 1 saturated heterocycles. The third-order valence-electron chi connectivity index (χ3n) is 5.08. The molecule has 2 aromatic rings. The fraction of sp³-hybridized carbons (Fsp3) is 0.381. The van der Waals surface area contributed by atoms with Crippen molar-refractivity contribution in [2.24, 2.45) is 0 Å². The molecular weight excluding hydrogens is 401 g/mol. The monoisotopic (exact) mass is 421 g/mol. The number of hydrogen-bond acceptors (Lipinski definition) is 4. The smallest absolute Gasteiger partial charge is 0.292 e. The number of anilines is 1. The number of nitrogens with zero attached hydrogens (tertiary/aromatic N) is 1. The van der Waals surface area contributed by atoms with Crippen molar-refractivity contribution in [3.8, 4) is 5.75 Å². The van der Waals surface area contributed by atoms with Gasteiger partial charge in [0, 0.05) is 10.6 Å². The molecule has 1 amide bonds. The number of benzene rings is 2. The van der Waals surface area contributed by atoms with Crippen molar-refractivity contribution in [1.29, 1.82) is 0 Å². The third-order valence-corrected chi connectivity index (χ3v) is 5.61. The number of aryl methyl sites for hydroxylation is 2. The summed E-state index contributed by atoms with van der Waals surface area (Å²) in [6.45, 7) is 5.56. The summed E-state index contributed by atoms with van der Waals surface area (Å²) in [5.74, 6) is -1.02. The lowest BCUT2D eigenvalue weighted by Gasteiger charge is -2.33. The van der Waals surface area contributed by atoms with Crippen LogP contribution in [-0.4, -0.2) is 32.3 Å². The minimum absolute atomic E-state index is 0.203. The van der Waals surface area contributed by atoms with Crippen LogP contribution in [0.4, 0.5) is 5.69 Å². The summed E-state index contributed by atoms with van der Waals surface area (Å²) in [5, 5.41) is 0.976. The molecule has 0 unspecified atom stereocenters. The zero-order valence-electron chi connectivity index (χ0n) is 15.8. The predicted octanol–water partition coefficient (Wildman–Crippen LogP) is 4.63. The molecule has 0 radical (unpaired) electrons. The zero-order valence-corrected chi connectivity index (χ0v) is 17.3. The summed E-state index contributed by atoms with van der Waals surface area (Å²) in [7, 11) is 0. The van der Waals surface area contributed by atoms with E-state index in [1.165, 1.54) is 0 Å². The number of fused-ring (bicyclic) bond motifs is 2. The van der Waals surface area contributed by atoms with Crippen molar-refractivity contribution >= 4 is 34.8 Å². The standard InChI is InChI=1S/C21H21Cl2NO4/c1-13-4-5-14(2)19-18(13)21(27-9-3-10-28-21)20(25)24(19)8-11-26-17-7-6-15(22)12-16(17)23/h4-7,12H,3,8-11H2,1-2H3. The summed E-state index contributed by atoms with van der Waals surface area (Å²) < 4.78 is 17.7. The highest BCUT2D eigenvalue weighted by Gasteiger charge is 2.56. The molecule has 2 aromatic carbocycles. The van der Waals surface area contributed by atoms with Crippen LogP contribution in [0.3, 0.4) is 0 Å². The van der Waals surface area contributed by atoms with Gasteiger partial charge in [-0.2, -0.15) is 0 Å². The van der Waals surface area contributed by atoms with Crippen molar-refractivity contribution in [2.75, 3.05) is 31.3 Å². The van der Waals surface area contributed by atoms with Crippen LogP contribution in [-0.2, 0) is 20.1 Å². The highest BCUT2D eigenvalue weighted by atomic mass is 35.5. The Labute approximate surface area is 174 Å². The molecule has 2 aliphatic rings. The topological polar surface area (TPSA) is 48.0 Å². The lowest BCUT2D eigenvalue weighted by molar-refractivity contribution is -0.257. The molecule has 5 nitrogen and oxygen atoms in total. The molecule has 7 heteroatoms. The average molecular weight is 422 g/mol. The van der Waals surface area contributed by atoms with Gasteiger partial charge < -0.3 is 19.1 Å². The Balaban J connectivity index is 1.61. The van der Waals surface area contributed by atoms with Gasteiger partial charge in [-0.05, 0) is 49.6 Å². The molecule has 2 heterocycles. The Kier molecular flexibility index (Phi) is 5.27. The van der Waals surface area contributed by atoms with E-state index < -0.39 is 5.79 Å². The molecule has 4 rings (SSSR count). The van der Waals surface area contributed by atoms with Gasteiger partial charge in [0.1, 0.15) is 12.4 Å². The number of ether oxygens (including phenoxy) is 3. The fourth-order valence-electron chi connectivity index (χ4n) is 3.80. The largest absolute Gasteiger partial charge is 0.490 e. The first-order valence-corrected chi connectivity index (χ1v) is 9.98. The van der Waals surface area contributed by atoms with Crippen LogP contribution >= 0.6 is 23.2 Å². The number of carbonyl (C=O) groups excluding carboxylic acids is 1. The van der Waals surface area contributed by atoms with Crippen molar-refractivity contribution in [3.05, 3.63) is 57.1 Å². The first-order valence-electron chi connectivity index (χ1n) is 9.22. The van der Waals surface area contributed by atoms with E-state index >= 15 is 0 Å². The van der Waals surface area contributed by atoms with E-state index in [1.807, 2.05) is 26.0 Å². The van der Waals surface area contributed by atoms with Crippen molar-refractivity contribution in [3.63, 3.8) is 0 Å². The molecule has 0 aromatic heterocycles. The molecule has 0 atom stereocenters. The Morgan fingerprint density at radius 1 is 1.11 bits per heavy atom. The van der Waals surface area contributed by atoms with Crippen molar-refractivity contribution < 1.29 is 19.0 Å². The van der Waals surface area contributed by atoms with Crippen LogP contribution in [0, 0.1) is 13.8 Å². The maximum absolute atomic E-state index is 13.4. The fourth-order valence-corrected chi connectivity index (χ4v) is 4.26. The van der Waals surface area contributed by atoms with Crippen LogP contribution in [0.1, 0.15) is 23.1 Å². The highest BCUT2D eigenvalue weighted by molar-refractivity contribution is 6.35. The van der Waals surface area contributed by atoms with E-state index in [2.05, 4.69) is 0 Å². The maximum Gasteiger partial charge on any atom is 0.292 e. The van der Waals surface area contributed by atoms with E-state index in [-0.39, 0.29) is 12.5 Å². The number of amides is 1. The predicted molar refractivity (Wildman–Crippen MR) is 108 cm³/mol. The SMILES string of the molecule is Cc1ccc(C)c2c1N(CCOc1ccc(Cl)cc1Cl)C(=O)C21OCCCO1. The van der Waals surface area contributed by atoms with Gasteiger partial charge >= 0.3 is 0 Å². The molecule has 148 valence electrons. The highest BCUT2D eigenvalue weighted by Crippen LogP contribution is 2.48. The van der Waals surface area contributed by atoms with E-state index in [4.69, 9.17) is 37.4 Å². The van der Waals surface area contributed by atoms with Gasteiger partial charge in [-0.1, -0.05) is 35.3 Å². The zero-order chi connectivity index (χ0) is 19.9. The number of hydrogen-bond donors (Lipinski definition) is 0. The average Bonchev–Trinajstić information content (AvgIpc) is 2.91. The second-order valence-electron chi connectivity index (χ2n) is 6.97. The Morgan fingerprint density at radius 2 is 1.82 bits per heavy atom. The third kappa shape index (κ3) is 3.16. The number of rotatable bonds is 4. The van der Waals surface area contributed by atoms with Gasteiger partial charge in [0.15, 0.2) is 0 Å². The van der Waals surface area contributed by atoms with Gasteiger partial charge in [-0.25, -0.2) is 0 Å². The Bertz CT molecular complexity index is 925. The summed E-state index contributed by atoms with van der Waals surface area (Å²) in [4.78, 5) is 15.1.